The number of hydrogen-bond donors (Lipinski definition) is 1. The predicted molar refractivity (Wildman–Crippen MR) is 88.2 cm³/mol. The summed E-state index contributed by atoms with van der Waals surface area (Å²) < 4.78 is 5.29. The number of benzene rings is 2. The van der Waals surface area contributed by atoms with E-state index in [1.54, 1.807) is 36.4 Å². The van der Waals surface area contributed by atoms with Gasteiger partial charge in [-0.2, -0.15) is 4.98 Å². The second-order valence-corrected chi connectivity index (χ2v) is 5.30. The molecule has 0 saturated heterocycles. The summed E-state index contributed by atoms with van der Waals surface area (Å²) in [6.45, 7) is 2.47. The number of halogens is 1. The lowest BCUT2D eigenvalue weighted by atomic mass is 10.1. The van der Waals surface area contributed by atoms with Crippen molar-refractivity contribution in [2.45, 2.75) is 6.92 Å². The largest absolute Gasteiger partial charge is 0.352 e. The van der Waals surface area contributed by atoms with Crippen LogP contribution < -0.4 is 5.32 Å². The zero-order valence-electron chi connectivity index (χ0n) is 12.4. The van der Waals surface area contributed by atoms with Crippen LogP contribution in [0.4, 0.5) is 0 Å². The van der Waals surface area contributed by atoms with Gasteiger partial charge in [0, 0.05) is 28.3 Å². The van der Waals surface area contributed by atoms with Gasteiger partial charge >= 0.3 is 0 Å². The van der Waals surface area contributed by atoms with E-state index in [1.165, 1.54) is 0 Å². The Morgan fingerprint density at radius 1 is 1.09 bits per heavy atom. The van der Waals surface area contributed by atoms with Crippen molar-refractivity contribution in [1.82, 2.24) is 15.5 Å². The fraction of sp³-hybridized carbons (Fsp3) is 0.118. The molecular formula is C17H14ClN3O2. The molecule has 23 heavy (non-hydrogen) atoms. The van der Waals surface area contributed by atoms with Crippen molar-refractivity contribution < 1.29 is 9.32 Å². The average Bonchev–Trinajstić information content (AvgIpc) is 3.06. The molecule has 1 aromatic heterocycles. The highest BCUT2D eigenvalue weighted by Gasteiger charge is 2.11. The van der Waals surface area contributed by atoms with Crippen LogP contribution in [-0.2, 0) is 0 Å². The summed E-state index contributed by atoms with van der Waals surface area (Å²) in [5, 5.41) is 7.37. The summed E-state index contributed by atoms with van der Waals surface area (Å²) in [6.07, 6.45) is 0. The fourth-order valence-corrected chi connectivity index (χ4v) is 2.21. The van der Waals surface area contributed by atoms with Crippen LogP contribution in [0.3, 0.4) is 0 Å². The Bertz CT molecular complexity index is 811. The number of carbonyl (C=O) groups excluding carboxylic acids is 1. The van der Waals surface area contributed by atoms with Gasteiger partial charge in [0.15, 0.2) is 0 Å². The maximum absolute atomic E-state index is 11.7. The number of nitrogens with one attached hydrogen (secondary N) is 1. The molecular weight excluding hydrogens is 314 g/mol. The van der Waals surface area contributed by atoms with Crippen LogP contribution in [0.2, 0.25) is 5.02 Å². The van der Waals surface area contributed by atoms with Gasteiger partial charge in [0.05, 0.1) is 0 Å². The molecule has 1 N–H and O–H groups in total. The zero-order chi connectivity index (χ0) is 16.2. The van der Waals surface area contributed by atoms with E-state index in [1.807, 2.05) is 19.1 Å². The molecule has 2 aromatic carbocycles. The van der Waals surface area contributed by atoms with Crippen LogP contribution in [0.5, 0.6) is 0 Å². The monoisotopic (exact) mass is 327 g/mol. The van der Waals surface area contributed by atoms with E-state index in [0.29, 0.717) is 28.8 Å². The summed E-state index contributed by atoms with van der Waals surface area (Å²) in [5.41, 5.74) is 2.17. The third kappa shape index (κ3) is 3.40. The first-order valence-corrected chi connectivity index (χ1v) is 7.53. The Balaban J connectivity index is 1.83. The van der Waals surface area contributed by atoms with Gasteiger partial charge < -0.3 is 9.84 Å². The molecule has 0 unspecified atom stereocenters. The lowest BCUT2D eigenvalue weighted by Gasteiger charge is -2.02. The fourth-order valence-electron chi connectivity index (χ4n) is 2.08. The first kappa shape index (κ1) is 15.2. The molecule has 0 aliphatic heterocycles. The van der Waals surface area contributed by atoms with Gasteiger partial charge in [-0.25, -0.2) is 0 Å². The molecule has 0 fully saturated rings. The maximum atomic E-state index is 11.7. The minimum Gasteiger partial charge on any atom is -0.352 e. The summed E-state index contributed by atoms with van der Waals surface area (Å²) in [7, 11) is 0. The second-order valence-electron chi connectivity index (χ2n) is 4.87. The van der Waals surface area contributed by atoms with Crippen molar-refractivity contribution in [2.75, 3.05) is 6.54 Å². The molecule has 0 aliphatic rings. The molecule has 3 aromatic rings. The lowest BCUT2D eigenvalue weighted by molar-refractivity contribution is 0.0956. The molecule has 1 amide bonds. The molecule has 0 saturated carbocycles. The summed E-state index contributed by atoms with van der Waals surface area (Å²) in [5.74, 6) is 0.785. The number of carbonyl (C=O) groups is 1. The zero-order valence-corrected chi connectivity index (χ0v) is 13.2. The number of aromatic nitrogens is 2. The van der Waals surface area contributed by atoms with Crippen LogP contribution in [0.1, 0.15) is 17.3 Å². The van der Waals surface area contributed by atoms with Gasteiger partial charge in [-0.3, -0.25) is 4.79 Å². The van der Waals surface area contributed by atoms with Crippen LogP contribution >= 0.6 is 11.6 Å². The van der Waals surface area contributed by atoms with Crippen LogP contribution in [-0.4, -0.2) is 22.6 Å². The average molecular weight is 328 g/mol. The second kappa shape index (κ2) is 6.62. The molecule has 0 aliphatic carbocycles. The maximum Gasteiger partial charge on any atom is 0.258 e. The highest BCUT2D eigenvalue weighted by molar-refractivity contribution is 6.30. The Morgan fingerprint density at radius 2 is 1.74 bits per heavy atom. The molecule has 116 valence electrons. The Kier molecular flexibility index (Phi) is 4.39. The Hall–Kier alpha value is -2.66. The van der Waals surface area contributed by atoms with E-state index in [-0.39, 0.29) is 5.91 Å². The first-order valence-electron chi connectivity index (χ1n) is 7.15. The minimum atomic E-state index is -0.105. The molecule has 0 atom stereocenters. The third-order valence-corrected chi connectivity index (χ3v) is 3.51. The molecule has 6 heteroatoms. The van der Waals surface area contributed by atoms with E-state index < -0.39 is 0 Å². The number of nitrogens with zero attached hydrogens (tertiary/aromatic N) is 2. The van der Waals surface area contributed by atoms with E-state index in [0.717, 1.165) is 11.1 Å². The van der Waals surface area contributed by atoms with Gasteiger partial charge in [-0.1, -0.05) is 16.8 Å². The molecule has 0 spiro atoms. The molecule has 1 heterocycles. The van der Waals surface area contributed by atoms with Gasteiger partial charge in [0.2, 0.25) is 5.82 Å². The molecule has 0 radical (unpaired) electrons. The smallest absolute Gasteiger partial charge is 0.258 e. The van der Waals surface area contributed by atoms with Crippen LogP contribution in [0, 0.1) is 0 Å². The van der Waals surface area contributed by atoms with Crippen molar-refractivity contribution in [3.05, 3.63) is 59.1 Å². The van der Waals surface area contributed by atoms with Crippen molar-refractivity contribution in [3.8, 4) is 22.8 Å². The predicted octanol–water partition coefficient (Wildman–Crippen LogP) is 3.81. The van der Waals surface area contributed by atoms with E-state index >= 15 is 0 Å². The van der Waals surface area contributed by atoms with Crippen LogP contribution in [0.15, 0.2) is 53.1 Å². The first-order chi connectivity index (χ1) is 11.2. The summed E-state index contributed by atoms with van der Waals surface area (Å²) in [6, 6.07) is 14.2. The number of hydrogen-bond acceptors (Lipinski definition) is 4. The number of amides is 1. The highest BCUT2D eigenvalue weighted by Crippen LogP contribution is 2.23. The van der Waals surface area contributed by atoms with Crippen molar-refractivity contribution in [3.63, 3.8) is 0 Å². The van der Waals surface area contributed by atoms with Gasteiger partial charge in [0.25, 0.3) is 11.8 Å². The van der Waals surface area contributed by atoms with Gasteiger partial charge in [0.1, 0.15) is 0 Å². The standard InChI is InChI=1S/C17H14ClN3O2/c1-2-19-16(22)12-3-5-13(6-4-12)17-20-15(21-23-17)11-7-9-14(18)10-8-11/h3-10H,2H2,1H3,(H,19,22). The Morgan fingerprint density at radius 3 is 2.39 bits per heavy atom. The van der Waals surface area contributed by atoms with E-state index in [9.17, 15) is 4.79 Å². The quantitative estimate of drug-likeness (QED) is 0.791. The minimum absolute atomic E-state index is 0.105. The van der Waals surface area contributed by atoms with Crippen LogP contribution in [0.25, 0.3) is 22.8 Å². The SMILES string of the molecule is CCNC(=O)c1ccc(-c2nc(-c3ccc(Cl)cc3)no2)cc1. The summed E-state index contributed by atoms with van der Waals surface area (Å²) >= 11 is 5.87. The molecule has 5 nitrogen and oxygen atoms in total. The topological polar surface area (TPSA) is 68.0 Å². The lowest BCUT2D eigenvalue weighted by Crippen LogP contribution is -2.22. The van der Waals surface area contributed by atoms with Crippen molar-refractivity contribution >= 4 is 17.5 Å². The molecule has 0 bridgehead atoms. The van der Waals surface area contributed by atoms with E-state index in [2.05, 4.69) is 15.5 Å². The summed E-state index contributed by atoms with van der Waals surface area (Å²) in [4.78, 5) is 16.1. The Labute approximate surface area is 138 Å². The van der Waals surface area contributed by atoms with E-state index in [4.69, 9.17) is 16.1 Å². The number of rotatable bonds is 4. The third-order valence-electron chi connectivity index (χ3n) is 3.26. The van der Waals surface area contributed by atoms with Gasteiger partial charge in [-0.05, 0) is 55.5 Å². The molecule has 3 rings (SSSR count). The van der Waals surface area contributed by atoms with Gasteiger partial charge in [-0.15, -0.1) is 0 Å². The van der Waals surface area contributed by atoms with Crippen molar-refractivity contribution in [1.29, 1.82) is 0 Å². The normalized spacial score (nSPS) is 10.5. The van der Waals surface area contributed by atoms with Crippen molar-refractivity contribution in [2.24, 2.45) is 0 Å². The highest BCUT2D eigenvalue weighted by atomic mass is 35.5.